The maximum absolute atomic E-state index is 11.9. The molecule has 0 saturated carbocycles. The number of hydrogen-bond donors (Lipinski definition) is 0. The number of hydrogen-bond acceptors (Lipinski definition) is 5. The SMILES string of the molecule is Cc1cc2occ(CC(=O)O[C@@H]3CCOC3=O)c2cc1C. The molecule has 5 heteroatoms. The standard InChI is InChI=1S/C16H16O5/c1-9-5-12-11(8-20-14(12)6-10(9)2)7-15(17)21-13-3-4-19-16(13)18/h5-6,8,13H,3-4,7H2,1-2H3/t13-/m1/s1. The van der Waals surface area contributed by atoms with Gasteiger partial charge in [-0.05, 0) is 37.1 Å². The summed E-state index contributed by atoms with van der Waals surface area (Å²) in [6.07, 6.45) is 1.31. The van der Waals surface area contributed by atoms with E-state index in [0.29, 0.717) is 13.0 Å². The molecule has 3 rings (SSSR count). The second kappa shape index (κ2) is 5.24. The van der Waals surface area contributed by atoms with E-state index in [0.717, 1.165) is 27.7 Å². The molecule has 1 aliphatic rings. The number of rotatable bonds is 3. The fourth-order valence-corrected chi connectivity index (χ4v) is 2.41. The Kier molecular flexibility index (Phi) is 3.41. The molecule has 0 radical (unpaired) electrons. The Bertz CT molecular complexity index is 713. The Morgan fingerprint density at radius 1 is 1.33 bits per heavy atom. The van der Waals surface area contributed by atoms with Crippen LogP contribution < -0.4 is 0 Å². The fourth-order valence-electron chi connectivity index (χ4n) is 2.41. The zero-order chi connectivity index (χ0) is 15.0. The van der Waals surface area contributed by atoms with E-state index < -0.39 is 18.0 Å². The minimum absolute atomic E-state index is 0.0826. The number of furan rings is 1. The molecule has 0 amide bonds. The van der Waals surface area contributed by atoms with Crippen molar-refractivity contribution in [2.75, 3.05) is 6.61 Å². The molecular weight excluding hydrogens is 272 g/mol. The first-order valence-corrected chi connectivity index (χ1v) is 6.88. The van der Waals surface area contributed by atoms with Gasteiger partial charge in [-0.15, -0.1) is 0 Å². The number of aryl methyl sites for hydroxylation is 2. The highest BCUT2D eigenvalue weighted by molar-refractivity contribution is 5.88. The predicted molar refractivity (Wildman–Crippen MR) is 74.8 cm³/mol. The van der Waals surface area contributed by atoms with E-state index in [-0.39, 0.29) is 6.42 Å². The molecule has 1 fully saturated rings. The van der Waals surface area contributed by atoms with E-state index in [2.05, 4.69) is 0 Å². The Morgan fingerprint density at radius 2 is 2.10 bits per heavy atom. The van der Waals surface area contributed by atoms with Crippen LogP contribution >= 0.6 is 0 Å². The topological polar surface area (TPSA) is 65.7 Å². The molecule has 0 N–H and O–H groups in total. The van der Waals surface area contributed by atoms with E-state index in [1.807, 2.05) is 26.0 Å². The molecule has 0 bridgehead atoms. The monoisotopic (exact) mass is 288 g/mol. The fraction of sp³-hybridized carbons (Fsp3) is 0.375. The molecule has 1 atom stereocenters. The lowest BCUT2D eigenvalue weighted by atomic mass is 10.0. The average molecular weight is 288 g/mol. The van der Waals surface area contributed by atoms with Gasteiger partial charge in [-0.3, -0.25) is 4.79 Å². The number of ether oxygens (including phenoxy) is 2. The molecule has 21 heavy (non-hydrogen) atoms. The summed E-state index contributed by atoms with van der Waals surface area (Å²) < 4.78 is 15.4. The van der Waals surface area contributed by atoms with Crippen LogP contribution in [0.2, 0.25) is 0 Å². The van der Waals surface area contributed by atoms with Crippen LogP contribution in [-0.2, 0) is 25.5 Å². The van der Waals surface area contributed by atoms with Crippen molar-refractivity contribution in [1.82, 2.24) is 0 Å². The molecular formula is C16H16O5. The highest BCUT2D eigenvalue weighted by Gasteiger charge is 2.30. The van der Waals surface area contributed by atoms with Gasteiger partial charge in [-0.25, -0.2) is 4.79 Å². The Balaban J connectivity index is 1.77. The first kappa shape index (κ1) is 13.7. The highest BCUT2D eigenvalue weighted by atomic mass is 16.6. The first-order valence-electron chi connectivity index (χ1n) is 6.88. The maximum atomic E-state index is 11.9. The summed E-state index contributed by atoms with van der Waals surface area (Å²) in [4.78, 5) is 23.2. The van der Waals surface area contributed by atoms with Crippen LogP contribution in [0.25, 0.3) is 11.0 Å². The summed E-state index contributed by atoms with van der Waals surface area (Å²) in [6.45, 7) is 4.33. The second-order valence-electron chi connectivity index (χ2n) is 5.31. The van der Waals surface area contributed by atoms with E-state index in [1.54, 1.807) is 6.26 Å². The largest absolute Gasteiger partial charge is 0.464 e. The van der Waals surface area contributed by atoms with Crippen molar-refractivity contribution in [3.05, 3.63) is 35.1 Å². The van der Waals surface area contributed by atoms with Gasteiger partial charge >= 0.3 is 11.9 Å². The highest BCUT2D eigenvalue weighted by Crippen LogP contribution is 2.25. The van der Waals surface area contributed by atoms with Crippen LogP contribution in [0.15, 0.2) is 22.8 Å². The molecule has 5 nitrogen and oxygen atoms in total. The van der Waals surface area contributed by atoms with Crippen LogP contribution in [0.5, 0.6) is 0 Å². The summed E-state index contributed by atoms with van der Waals surface area (Å²) in [5.41, 5.74) is 3.79. The molecule has 0 spiro atoms. The Hall–Kier alpha value is -2.30. The summed E-state index contributed by atoms with van der Waals surface area (Å²) in [5.74, 6) is -0.911. The van der Waals surface area contributed by atoms with Crippen LogP contribution in [0.3, 0.4) is 0 Å². The molecule has 1 aliphatic heterocycles. The van der Waals surface area contributed by atoms with Crippen molar-refractivity contribution >= 4 is 22.9 Å². The third-order valence-corrected chi connectivity index (χ3v) is 3.77. The number of esters is 2. The van der Waals surface area contributed by atoms with Crippen LogP contribution in [0, 0.1) is 13.8 Å². The van der Waals surface area contributed by atoms with Crippen molar-refractivity contribution in [1.29, 1.82) is 0 Å². The van der Waals surface area contributed by atoms with Gasteiger partial charge in [0, 0.05) is 17.4 Å². The lowest BCUT2D eigenvalue weighted by molar-refractivity contribution is -0.159. The summed E-state index contributed by atoms with van der Waals surface area (Å²) in [5, 5.41) is 0.907. The zero-order valence-electron chi connectivity index (χ0n) is 12.0. The number of carbonyl (C=O) groups excluding carboxylic acids is 2. The quantitative estimate of drug-likeness (QED) is 0.812. The van der Waals surface area contributed by atoms with Gasteiger partial charge < -0.3 is 13.9 Å². The van der Waals surface area contributed by atoms with Crippen molar-refractivity contribution in [2.45, 2.75) is 32.8 Å². The summed E-state index contributed by atoms with van der Waals surface area (Å²) in [7, 11) is 0. The van der Waals surface area contributed by atoms with E-state index >= 15 is 0 Å². The number of cyclic esters (lactones) is 1. The van der Waals surface area contributed by atoms with Gasteiger partial charge in [0.25, 0.3) is 0 Å². The third-order valence-electron chi connectivity index (χ3n) is 3.77. The van der Waals surface area contributed by atoms with Crippen molar-refractivity contribution in [3.8, 4) is 0 Å². The molecule has 0 unspecified atom stereocenters. The van der Waals surface area contributed by atoms with Gasteiger partial charge in [-0.2, -0.15) is 0 Å². The predicted octanol–water partition coefficient (Wildman–Crippen LogP) is 2.45. The maximum Gasteiger partial charge on any atom is 0.347 e. The Morgan fingerprint density at radius 3 is 2.81 bits per heavy atom. The molecule has 1 saturated heterocycles. The van der Waals surface area contributed by atoms with Crippen LogP contribution in [0.1, 0.15) is 23.1 Å². The van der Waals surface area contributed by atoms with Gasteiger partial charge in [-0.1, -0.05) is 0 Å². The van der Waals surface area contributed by atoms with E-state index in [1.165, 1.54) is 0 Å². The molecule has 1 aromatic carbocycles. The molecule has 110 valence electrons. The summed E-state index contributed by atoms with van der Waals surface area (Å²) in [6, 6.07) is 3.95. The third kappa shape index (κ3) is 2.63. The van der Waals surface area contributed by atoms with Crippen molar-refractivity contribution < 1.29 is 23.5 Å². The van der Waals surface area contributed by atoms with Gasteiger partial charge in [0.1, 0.15) is 5.58 Å². The number of fused-ring (bicyclic) bond motifs is 1. The summed E-state index contributed by atoms with van der Waals surface area (Å²) >= 11 is 0. The van der Waals surface area contributed by atoms with Crippen molar-refractivity contribution in [3.63, 3.8) is 0 Å². The van der Waals surface area contributed by atoms with Gasteiger partial charge in [0.2, 0.25) is 6.10 Å². The van der Waals surface area contributed by atoms with E-state index in [4.69, 9.17) is 13.9 Å². The first-order chi connectivity index (χ1) is 10.0. The minimum atomic E-state index is -0.764. The molecule has 2 aromatic rings. The smallest absolute Gasteiger partial charge is 0.347 e. The van der Waals surface area contributed by atoms with Crippen LogP contribution in [-0.4, -0.2) is 24.6 Å². The normalized spacial score (nSPS) is 18.0. The van der Waals surface area contributed by atoms with Crippen molar-refractivity contribution in [2.24, 2.45) is 0 Å². The number of carbonyl (C=O) groups is 2. The average Bonchev–Trinajstić information content (AvgIpc) is 2.99. The minimum Gasteiger partial charge on any atom is -0.464 e. The molecule has 1 aromatic heterocycles. The van der Waals surface area contributed by atoms with E-state index in [9.17, 15) is 9.59 Å². The lowest BCUT2D eigenvalue weighted by Crippen LogP contribution is -2.23. The van der Waals surface area contributed by atoms with Gasteiger partial charge in [0.15, 0.2) is 0 Å². The lowest BCUT2D eigenvalue weighted by Gasteiger charge is -2.07. The Labute approximate surface area is 121 Å². The zero-order valence-corrected chi connectivity index (χ0v) is 12.0. The number of benzene rings is 1. The molecule has 2 heterocycles. The van der Waals surface area contributed by atoms with Crippen LogP contribution in [0.4, 0.5) is 0 Å². The van der Waals surface area contributed by atoms with Gasteiger partial charge in [0.05, 0.1) is 19.3 Å². The molecule has 0 aliphatic carbocycles. The second-order valence-corrected chi connectivity index (χ2v) is 5.31.